The molecule has 0 aliphatic heterocycles. The van der Waals surface area contributed by atoms with Crippen LogP contribution in [0.15, 0.2) is 0 Å². The molecule has 0 saturated heterocycles. The summed E-state index contributed by atoms with van der Waals surface area (Å²) < 4.78 is 0. The number of hydrogen-bond acceptors (Lipinski definition) is 2. The Morgan fingerprint density at radius 1 is 0.857 bits per heavy atom. The van der Waals surface area contributed by atoms with Gasteiger partial charge in [0, 0.05) is 12.1 Å². The van der Waals surface area contributed by atoms with Crippen LogP contribution in [-0.4, -0.2) is 12.1 Å². The molecule has 2 nitrogen and oxygen atoms in total. The van der Waals surface area contributed by atoms with Crippen molar-refractivity contribution in [3.05, 3.63) is 0 Å². The molecular formula is C12H28N2. The Hall–Kier alpha value is -0.0800. The van der Waals surface area contributed by atoms with Crippen LogP contribution in [0.2, 0.25) is 0 Å². The van der Waals surface area contributed by atoms with Crippen LogP contribution in [-0.2, 0) is 0 Å². The van der Waals surface area contributed by atoms with Gasteiger partial charge in [0.2, 0.25) is 0 Å². The Labute approximate surface area is 89.4 Å². The molecule has 0 aromatic carbocycles. The third kappa shape index (κ3) is 10.0. The molecule has 0 radical (unpaired) electrons. The topological polar surface area (TPSA) is 52.0 Å². The zero-order chi connectivity index (χ0) is 10.8. The minimum Gasteiger partial charge on any atom is -0.328 e. The van der Waals surface area contributed by atoms with E-state index in [1.54, 1.807) is 0 Å². The van der Waals surface area contributed by atoms with E-state index in [1.165, 1.54) is 38.5 Å². The monoisotopic (exact) mass is 200 g/mol. The summed E-state index contributed by atoms with van der Waals surface area (Å²) in [5.74, 6) is 0. The van der Waals surface area contributed by atoms with Gasteiger partial charge in [-0.3, -0.25) is 0 Å². The average molecular weight is 200 g/mol. The molecular weight excluding hydrogens is 172 g/mol. The van der Waals surface area contributed by atoms with Crippen molar-refractivity contribution in [3.63, 3.8) is 0 Å². The highest BCUT2D eigenvalue weighted by molar-refractivity contribution is 4.64. The molecule has 86 valence electrons. The molecule has 4 N–H and O–H groups in total. The summed E-state index contributed by atoms with van der Waals surface area (Å²) in [6.07, 6.45) is 10.0. The smallest absolute Gasteiger partial charge is 0.00394 e. The first kappa shape index (κ1) is 13.9. The Bertz CT molecular complexity index is 113. The maximum atomic E-state index is 5.98. The first-order valence-corrected chi connectivity index (χ1v) is 6.18. The average Bonchev–Trinajstić information content (AvgIpc) is 2.14. The van der Waals surface area contributed by atoms with E-state index < -0.39 is 0 Å². The predicted molar refractivity (Wildman–Crippen MR) is 64.2 cm³/mol. The molecule has 0 fully saturated rings. The molecule has 0 heterocycles. The molecule has 2 unspecified atom stereocenters. The SMILES string of the molecule is CCCCCCCC(N)CCC(C)N. The van der Waals surface area contributed by atoms with Crippen LogP contribution in [0, 0.1) is 0 Å². The van der Waals surface area contributed by atoms with Crippen molar-refractivity contribution in [2.24, 2.45) is 11.5 Å². The summed E-state index contributed by atoms with van der Waals surface area (Å²) in [6, 6.07) is 0.684. The van der Waals surface area contributed by atoms with Crippen LogP contribution < -0.4 is 11.5 Å². The lowest BCUT2D eigenvalue weighted by Gasteiger charge is -2.12. The number of hydrogen-bond donors (Lipinski definition) is 2. The molecule has 2 atom stereocenters. The summed E-state index contributed by atoms with van der Waals surface area (Å²) in [5, 5.41) is 0. The first-order valence-electron chi connectivity index (χ1n) is 6.18. The Morgan fingerprint density at radius 2 is 1.50 bits per heavy atom. The van der Waals surface area contributed by atoms with E-state index in [4.69, 9.17) is 11.5 Å². The largest absolute Gasteiger partial charge is 0.328 e. The second kappa shape index (κ2) is 9.47. The molecule has 0 saturated carbocycles. The number of nitrogens with two attached hydrogens (primary N) is 2. The summed E-state index contributed by atoms with van der Waals surface area (Å²) >= 11 is 0. The van der Waals surface area contributed by atoms with Gasteiger partial charge in [0.25, 0.3) is 0 Å². The van der Waals surface area contributed by atoms with Crippen molar-refractivity contribution in [3.8, 4) is 0 Å². The van der Waals surface area contributed by atoms with E-state index in [1.807, 2.05) is 6.92 Å². The van der Waals surface area contributed by atoms with E-state index in [0.717, 1.165) is 12.8 Å². The molecule has 0 amide bonds. The highest BCUT2D eigenvalue weighted by atomic mass is 14.6. The van der Waals surface area contributed by atoms with E-state index in [0.29, 0.717) is 12.1 Å². The fraction of sp³-hybridized carbons (Fsp3) is 1.00. The van der Waals surface area contributed by atoms with Crippen molar-refractivity contribution >= 4 is 0 Å². The molecule has 14 heavy (non-hydrogen) atoms. The van der Waals surface area contributed by atoms with Crippen molar-refractivity contribution in [2.75, 3.05) is 0 Å². The summed E-state index contributed by atoms with van der Waals surface area (Å²) in [7, 11) is 0. The zero-order valence-electron chi connectivity index (χ0n) is 9.97. The van der Waals surface area contributed by atoms with Gasteiger partial charge in [-0.2, -0.15) is 0 Å². The molecule has 2 heteroatoms. The normalized spacial score (nSPS) is 15.4. The fourth-order valence-electron chi connectivity index (χ4n) is 1.63. The van der Waals surface area contributed by atoms with Crippen LogP contribution >= 0.6 is 0 Å². The fourth-order valence-corrected chi connectivity index (χ4v) is 1.63. The van der Waals surface area contributed by atoms with E-state index >= 15 is 0 Å². The maximum absolute atomic E-state index is 5.98. The van der Waals surface area contributed by atoms with Gasteiger partial charge in [0.1, 0.15) is 0 Å². The number of unbranched alkanes of at least 4 members (excludes halogenated alkanes) is 4. The lowest BCUT2D eigenvalue weighted by atomic mass is 10.0. The quantitative estimate of drug-likeness (QED) is 0.562. The molecule has 0 aromatic rings. The summed E-state index contributed by atoms with van der Waals surface area (Å²) in [6.45, 7) is 4.29. The van der Waals surface area contributed by atoms with Gasteiger partial charge in [-0.25, -0.2) is 0 Å². The highest BCUT2D eigenvalue weighted by Crippen LogP contribution is 2.09. The molecule has 0 aliphatic rings. The molecule has 0 bridgehead atoms. The van der Waals surface area contributed by atoms with E-state index in [2.05, 4.69) is 6.92 Å². The van der Waals surface area contributed by atoms with Crippen molar-refractivity contribution in [2.45, 2.75) is 77.3 Å². The van der Waals surface area contributed by atoms with Crippen LogP contribution in [0.5, 0.6) is 0 Å². The summed E-state index contributed by atoms with van der Waals surface area (Å²) in [5.41, 5.74) is 11.7. The van der Waals surface area contributed by atoms with Crippen LogP contribution in [0.25, 0.3) is 0 Å². The molecule has 0 spiro atoms. The van der Waals surface area contributed by atoms with E-state index in [-0.39, 0.29) is 0 Å². The molecule has 0 rings (SSSR count). The highest BCUT2D eigenvalue weighted by Gasteiger charge is 2.03. The van der Waals surface area contributed by atoms with Crippen LogP contribution in [0.3, 0.4) is 0 Å². The molecule has 0 aromatic heterocycles. The van der Waals surface area contributed by atoms with Gasteiger partial charge in [0.15, 0.2) is 0 Å². The predicted octanol–water partition coefficient (Wildman–Crippen LogP) is 2.80. The van der Waals surface area contributed by atoms with Gasteiger partial charge in [-0.1, -0.05) is 39.0 Å². The van der Waals surface area contributed by atoms with Gasteiger partial charge in [-0.15, -0.1) is 0 Å². The third-order valence-corrected chi connectivity index (χ3v) is 2.67. The Balaban J connectivity index is 3.14. The Kier molecular flexibility index (Phi) is 9.42. The van der Waals surface area contributed by atoms with Gasteiger partial charge >= 0.3 is 0 Å². The van der Waals surface area contributed by atoms with Crippen LogP contribution in [0.1, 0.15) is 65.2 Å². The van der Waals surface area contributed by atoms with Crippen molar-refractivity contribution in [1.29, 1.82) is 0 Å². The second-order valence-electron chi connectivity index (χ2n) is 4.52. The second-order valence-corrected chi connectivity index (χ2v) is 4.52. The van der Waals surface area contributed by atoms with Crippen molar-refractivity contribution < 1.29 is 0 Å². The Morgan fingerprint density at radius 3 is 2.07 bits per heavy atom. The number of rotatable bonds is 9. The van der Waals surface area contributed by atoms with Gasteiger partial charge in [-0.05, 0) is 26.2 Å². The minimum atomic E-state index is 0.307. The third-order valence-electron chi connectivity index (χ3n) is 2.67. The van der Waals surface area contributed by atoms with Gasteiger partial charge in [0.05, 0.1) is 0 Å². The molecule has 0 aliphatic carbocycles. The van der Waals surface area contributed by atoms with Crippen LogP contribution in [0.4, 0.5) is 0 Å². The maximum Gasteiger partial charge on any atom is 0.00394 e. The zero-order valence-corrected chi connectivity index (χ0v) is 9.97. The van der Waals surface area contributed by atoms with E-state index in [9.17, 15) is 0 Å². The lowest BCUT2D eigenvalue weighted by Crippen LogP contribution is -2.24. The minimum absolute atomic E-state index is 0.307. The lowest BCUT2D eigenvalue weighted by molar-refractivity contribution is 0.484. The van der Waals surface area contributed by atoms with Gasteiger partial charge < -0.3 is 11.5 Å². The first-order chi connectivity index (χ1) is 6.66. The van der Waals surface area contributed by atoms with Crippen molar-refractivity contribution in [1.82, 2.24) is 0 Å². The summed E-state index contributed by atoms with van der Waals surface area (Å²) in [4.78, 5) is 0. The standard InChI is InChI=1S/C12H28N2/c1-3-4-5-6-7-8-12(14)10-9-11(2)13/h11-12H,3-10,13-14H2,1-2H3.